The maximum Gasteiger partial charge on any atom is 0.147 e. The molecule has 0 aromatic carbocycles. The van der Waals surface area contributed by atoms with E-state index in [9.17, 15) is 4.79 Å². The number of halogens is 2. The van der Waals surface area contributed by atoms with Crippen LogP contribution in [0, 0.1) is 0 Å². The third-order valence-electron chi connectivity index (χ3n) is 0.439. The van der Waals surface area contributed by atoms with Crippen molar-refractivity contribution in [3.05, 3.63) is 0 Å². The van der Waals surface area contributed by atoms with Gasteiger partial charge in [0.05, 0.1) is 12.3 Å². The zero-order valence-electron chi connectivity index (χ0n) is 3.53. The molecule has 1 unspecified atom stereocenters. The highest BCUT2D eigenvalue weighted by molar-refractivity contribution is 14.1. The Balaban J connectivity index is 3.35. The molecule has 0 amide bonds. The van der Waals surface area contributed by atoms with E-state index in [0.717, 1.165) is 0 Å². The zero-order valence-corrected chi connectivity index (χ0v) is 7.27. The number of hydrogen-bond acceptors (Lipinski definition) is 1. The fourth-order valence-electron chi connectivity index (χ4n) is 0.0737. The number of hydrogen-bond donors (Lipinski definition) is 0. The van der Waals surface area contributed by atoms with E-state index in [-0.39, 0.29) is 5.78 Å². The van der Waals surface area contributed by atoms with Crippen molar-refractivity contribution in [2.75, 3.05) is 4.43 Å². The molecule has 1 nitrogen and oxygen atoms in total. The van der Waals surface area contributed by atoms with Crippen LogP contribution in [-0.4, -0.2) is 22.8 Å². The summed E-state index contributed by atoms with van der Waals surface area (Å²) in [5, 5.41) is 0. The molecule has 0 aliphatic carbocycles. The van der Waals surface area contributed by atoms with Gasteiger partial charge in [-0.15, -0.1) is 0 Å². The minimum Gasteiger partial charge on any atom is -0.298 e. The average Bonchev–Trinajstić information content (AvgIpc) is 1.65. The van der Waals surface area contributed by atoms with Gasteiger partial charge in [-0.25, -0.2) is 0 Å². The molecule has 0 N–H and O–H groups in total. The Morgan fingerprint density at radius 3 is 2.43 bits per heavy atom. The van der Waals surface area contributed by atoms with Crippen molar-refractivity contribution in [3.63, 3.8) is 0 Å². The summed E-state index contributed by atoms with van der Waals surface area (Å²) in [6.07, 6.45) is 0. The first-order valence-electron chi connectivity index (χ1n) is 1.67. The minimum absolute atomic E-state index is 0.0283. The van der Waals surface area contributed by atoms with Gasteiger partial charge in [0.1, 0.15) is 5.78 Å². The Bertz CT molecular complexity index is 75.3. The molecular formula is C3H3BBrIO. The predicted molar refractivity (Wildman–Crippen MR) is 42.4 cm³/mol. The van der Waals surface area contributed by atoms with Crippen molar-refractivity contribution in [1.82, 2.24) is 0 Å². The molecule has 0 saturated heterocycles. The molecule has 0 saturated carbocycles. The maximum absolute atomic E-state index is 10.3. The molecule has 0 aromatic rings. The van der Waals surface area contributed by atoms with Crippen molar-refractivity contribution >= 4 is 52.2 Å². The van der Waals surface area contributed by atoms with Gasteiger partial charge in [0.2, 0.25) is 0 Å². The number of ketones is 1. The second-order valence-electron chi connectivity index (χ2n) is 1.00. The van der Waals surface area contributed by atoms with Crippen LogP contribution in [0.15, 0.2) is 0 Å². The van der Waals surface area contributed by atoms with Crippen molar-refractivity contribution in [1.29, 1.82) is 0 Å². The number of alkyl halides is 2. The van der Waals surface area contributed by atoms with E-state index in [2.05, 4.69) is 15.9 Å². The molecule has 0 aliphatic heterocycles. The molecule has 0 bridgehead atoms. The van der Waals surface area contributed by atoms with Crippen LogP contribution in [0.3, 0.4) is 0 Å². The summed E-state index contributed by atoms with van der Waals surface area (Å²) in [7, 11) is 5.11. The van der Waals surface area contributed by atoms with Crippen LogP contribution in [0.2, 0.25) is 0 Å². The van der Waals surface area contributed by atoms with Gasteiger partial charge in [0.15, 0.2) is 0 Å². The van der Waals surface area contributed by atoms with E-state index >= 15 is 0 Å². The van der Waals surface area contributed by atoms with Crippen LogP contribution >= 0.6 is 38.5 Å². The van der Waals surface area contributed by atoms with Gasteiger partial charge in [-0.1, -0.05) is 38.5 Å². The van der Waals surface area contributed by atoms with Crippen LogP contribution in [0.5, 0.6) is 0 Å². The van der Waals surface area contributed by atoms with Crippen molar-refractivity contribution < 1.29 is 4.79 Å². The second kappa shape index (κ2) is 3.89. The first kappa shape index (κ1) is 7.94. The molecule has 38 valence electrons. The third-order valence-corrected chi connectivity index (χ3v) is 1.70. The smallest absolute Gasteiger partial charge is 0.147 e. The fourth-order valence-corrected chi connectivity index (χ4v) is 1.32. The molecule has 4 heteroatoms. The Hall–Kier alpha value is 0.945. The molecular weight excluding hydrogens is 270 g/mol. The lowest BCUT2D eigenvalue weighted by atomic mass is 10.0. The normalized spacial score (nSPS) is 13.4. The molecule has 0 rings (SSSR count). The second-order valence-corrected chi connectivity index (χ2v) is 2.75. The topological polar surface area (TPSA) is 17.1 Å². The van der Waals surface area contributed by atoms with E-state index in [1.807, 2.05) is 22.6 Å². The first-order chi connectivity index (χ1) is 3.18. The molecule has 0 fully saturated rings. The molecule has 0 spiro atoms. The standard InChI is InChI=1S/C3H3BBrIO/c4-3(5)2(7)1-6/h3H,1H2. The highest BCUT2D eigenvalue weighted by atomic mass is 127. The lowest BCUT2D eigenvalue weighted by molar-refractivity contribution is -0.114. The van der Waals surface area contributed by atoms with Crippen LogP contribution in [-0.2, 0) is 4.79 Å². The van der Waals surface area contributed by atoms with Crippen LogP contribution in [0.25, 0.3) is 0 Å². The summed E-state index contributed by atoms with van der Waals surface area (Å²) in [6.45, 7) is 0. The molecule has 1 atom stereocenters. The number of carbonyl (C=O) groups excluding carboxylic acids is 1. The lowest BCUT2D eigenvalue weighted by Crippen LogP contribution is -2.13. The third kappa shape index (κ3) is 3.52. The highest BCUT2D eigenvalue weighted by Gasteiger charge is 2.03. The van der Waals surface area contributed by atoms with E-state index in [1.165, 1.54) is 0 Å². The van der Waals surface area contributed by atoms with Crippen molar-refractivity contribution in [2.45, 2.75) is 4.73 Å². The number of carbonyl (C=O) groups is 1. The van der Waals surface area contributed by atoms with Crippen LogP contribution in [0.4, 0.5) is 0 Å². The Kier molecular flexibility index (Phi) is 4.41. The van der Waals surface area contributed by atoms with E-state index in [1.54, 1.807) is 0 Å². The number of rotatable bonds is 2. The SMILES string of the molecule is [B]C(Br)C(=O)CI. The average molecular weight is 273 g/mol. The quantitative estimate of drug-likeness (QED) is 0.414. The largest absolute Gasteiger partial charge is 0.298 e. The molecule has 0 aromatic heterocycles. The van der Waals surface area contributed by atoms with Crippen LogP contribution in [0.1, 0.15) is 0 Å². The molecule has 0 aliphatic rings. The highest BCUT2D eigenvalue weighted by Crippen LogP contribution is 1.96. The summed E-state index contributed by atoms with van der Waals surface area (Å²) in [5.41, 5.74) is 0. The van der Waals surface area contributed by atoms with Gasteiger partial charge in [0.25, 0.3) is 0 Å². The monoisotopic (exact) mass is 272 g/mol. The lowest BCUT2D eigenvalue weighted by Gasteiger charge is -1.93. The predicted octanol–water partition coefficient (Wildman–Crippen LogP) is 0.880. The van der Waals surface area contributed by atoms with Gasteiger partial charge >= 0.3 is 0 Å². The summed E-state index contributed by atoms with van der Waals surface area (Å²) < 4.78 is 0.00822. The zero-order chi connectivity index (χ0) is 5.86. The molecule has 0 heterocycles. The summed E-state index contributed by atoms with van der Waals surface area (Å²) in [5.74, 6) is 0.0283. The van der Waals surface area contributed by atoms with E-state index in [4.69, 9.17) is 7.85 Å². The Morgan fingerprint density at radius 1 is 2.00 bits per heavy atom. The molecule has 2 radical (unpaired) electrons. The van der Waals surface area contributed by atoms with Crippen LogP contribution < -0.4 is 0 Å². The van der Waals surface area contributed by atoms with Crippen molar-refractivity contribution in [3.8, 4) is 0 Å². The molecule has 7 heavy (non-hydrogen) atoms. The maximum atomic E-state index is 10.3. The van der Waals surface area contributed by atoms with E-state index in [0.29, 0.717) is 4.43 Å². The van der Waals surface area contributed by atoms with Gasteiger partial charge in [-0.3, -0.25) is 4.79 Å². The summed E-state index contributed by atoms with van der Waals surface area (Å²) >= 11 is 4.89. The summed E-state index contributed by atoms with van der Waals surface area (Å²) in [6, 6.07) is 0. The van der Waals surface area contributed by atoms with E-state index < -0.39 is 4.73 Å². The Morgan fingerprint density at radius 2 is 2.43 bits per heavy atom. The van der Waals surface area contributed by atoms with Gasteiger partial charge in [0, 0.05) is 4.73 Å². The van der Waals surface area contributed by atoms with Gasteiger partial charge in [-0.2, -0.15) is 0 Å². The minimum atomic E-state index is -0.468. The van der Waals surface area contributed by atoms with Gasteiger partial charge < -0.3 is 0 Å². The van der Waals surface area contributed by atoms with Gasteiger partial charge in [-0.05, 0) is 0 Å². The fraction of sp³-hybridized carbons (Fsp3) is 0.667. The Labute approximate surface area is 65.9 Å². The first-order valence-corrected chi connectivity index (χ1v) is 4.11. The summed E-state index contributed by atoms with van der Waals surface area (Å²) in [4.78, 5) is 10.3. The number of Topliss-reactive ketones (excluding diaryl/α,β-unsaturated/α-hetero) is 1. The van der Waals surface area contributed by atoms with Crippen molar-refractivity contribution in [2.24, 2.45) is 0 Å².